The minimum Gasteiger partial charge on any atom is -0.480 e. The molecule has 0 aromatic rings. The van der Waals surface area contributed by atoms with Gasteiger partial charge in [-0.1, -0.05) is 76.9 Å². The number of thiocarbonyl (C=S) groups is 1. The molecule has 0 radical (unpaired) electrons. The van der Waals surface area contributed by atoms with Crippen molar-refractivity contribution >= 4 is 34.1 Å². The van der Waals surface area contributed by atoms with Crippen LogP contribution >= 0.6 is 24.0 Å². The lowest BCUT2D eigenvalue weighted by Crippen LogP contribution is -2.20. The zero-order chi connectivity index (χ0) is 18.2. The van der Waals surface area contributed by atoms with E-state index in [1.807, 2.05) is 0 Å². The molecule has 0 aromatic heterocycles. The third-order valence-electron chi connectivity index (χ3n) is 4.07. The van der Waals surface area contributed by atoms with Gasteiger partial charge in [0.15, 0.2) is 0 Å². The van der Waals surface area contributed by atoms with Crippen LogP contribution in [-0.2, 0) is 4.79 Å². The molecule has 0 saturated carbocycles. The minimum absolute atomic E-state index is 0.251. The Kier molecular flexibility index (Phi) is 15.5. The van der Waals surface area contributed by atoms with Crippen molar-refractivity contribution in [1.29, 1.82) is 5.26 Å². The van der Waals surface area contributed by atoms with Crippen LogP contribution in [0.3, 0.4) is 0 Å². The van der Waals surface area contributed by atoms with Crippen molar-refractivity contribution in [2.24, 2.45) is 5.92 Å². The smallest absolute Gasteiger partial charge is 0.317 e. The Morgan fingerprint density at radius 2 is 1.58 bits per heavy atom. The zero-order valence-electron chi connectivity index (χ0n) is 15.3. The lowest BCUT2D eigenvalue weighted by molar-refractivity contribution is -0.136. The number of unbranched alkanes of at least 4 members (excludes halogenated alkanes) is 9. The van der Waals surface area contributed by atoms with E-state index in [1.165, 1.54) is 69.5 Å². The molecule has 0 aromatic carbocycles. The molecule has 2 atom stereocenters. The lowest BCUT2D eigenvalue weighted by Gasteiger charge is -2.13. The first-order valence-corrected chi connectivity index (χ1v) is 10.6. The van der Waals surface area contributed by atoms with Crippen LogP contribution in [0.15, 0.2) is 0 Å². The van der Waals surface area contributed by atoms with Gasteiger partial charge in [0.2, 0.25) is 0 Å². The Balaban J connectivity index is 3.67. The van der Waals surface area contributed by atoms with Gasteiger partial charge in [0.25, 0.3) is 0 Å². The quantitative estimate of drug-likeness (QED) is 0.268. The Morgan fingerprint density at radius 3 is 2.04 bits per heavy atom. The molecule has 0 heterocycles. The van der Waals surface area contributed by atoms with Crippen molar-refractivity contribution in [3.63, 3.8) is 0 Å². The van der Waals surface area contributed by atoms with Crippen molar-refractivity contribution in [2.75, 3.05) is 0 Å². The lowest BCUT2D eigenvalue weighted by atomic mass is 10.1. The number of aliphatic carboxylic acids is 1. The van der Waals surface area contributed by atoms with E-state index in [9.17, 15) is 9.90 Å². The fraction of sp³-hybridized carbons (Fsp3) is 0.842. The Labute approximate surface area is 157 Å². The average molecular weight is 372 g/mol. The molecular weight excluding hydrogens is 338 g/mol. The third-order valence-corrected chi connectivity index (χ3v) is 5.71. The summed E-state index contributed by atoms with van der Waals surface area (Å²) in [4.78, 5) is 11.2. The normalized spacial score (nSPS) is 13.2. The van der Waals surface area contributed by atoms with Crippen LogP contribution in [0.1, 0.15) is 90.9 Å². The number of thioether (sulfide) groups is 1. The van der Waals surface area contributed by atoms with Crippen molar-refractivity contribution in [3.8, 4) is 6.07 Å². The summed E-state index contributed by atoms with van der Waals surface area (Å²) in [5.74, 6) is -1.12. The van der Waals surface area contributed by atoms with E-state index in [1.54, 1.807) is 6.92 Å². The highest BCUT2D eigenvalue weighted by molar-refractivity contribution is 8.23. The monoisotopic (exact) mass is 371 g/mol. The van der Waals surface area contributed by atoms with Gasteiger partial charge in [0, 0.05) is 10.1 Å². The number of hydrogen-bond acceptors (Lipinski definition) is 4. The predicted octanol–water partition coefficient (Wildman–Crippen LogP) is 6.36. The molecule has 0 rings (SSSR count). The number of nitriles is 1. The highest BCUT2D eigenvalue weighted by Crippen LogP contribution is 2.24. The van der Waals surface area contributed by atoms with Crippen molar-refractivity contribution in [3.05, 3.63) is 0 Å². The molecule has 0 spiro atoms. The molecule has 2 unspecified atom stereocenters. The van der Waals surface area contributed by atoms with Gasteiger partial charge in [-0.15, -0.1) is 11.8 Å². The predicted molar refractivity (Wildman–Crippen MR) is 107 cm³/mol. The molecule has 0 fully saturated rings. The average Bonchev–Trinajstić information content (AvgIpc) is 2.55. The Morgan fingerprint density at radius 1 is 1.08 bits per heavy atom. The molecule has 24 heavy (non-hydrogen) atoms. The second-order valence-corrected chi connectivity index (χ2v) is 8.56. The van der Waals surface area contributed by atoms with Gasteiger partial charge in [-0.05, 0) is 26.2 Å². The number of carbonyl (C=O) groups is 1. The number of carboxylic acids is 1. The highest BCUT2D eigenvalue weighted by Gasteiger charge is 2.22. The van der Waals surface area contributed by atoms with E-state index in [-0.39, 0.29) is 5.92 Å². The second kappa shape index (κ2) is 15.9. The molecule has 0 aliphatic carbocycles. The van der Waals surface area contributed by atoms with Crippen LogP contribution in [0.25, 0.3) is 0 Å². The van der Waals surface area contributed by atoms with Gasteiger partial charge in [-0.2, -0.15) is 5.26 Å². The zero-order valence-corrected chi connectivity index (χ0v) is 16.9. The molecule has 5 heteroatoms. The SMILES string of the molecule is CCCCCCCCCCCCC(=S)SC(CC(C)C#N)C(=O)O. The van der Waals surface area contributed by atoms with Gasteiger partial charge in [0.1, 0.15) is 5.25 Å². The number of hydrogen-bond donors (Lipinski definition) is 1. The summed E-state index contributed by atoms with van der Waals surface area (Å²) >= 11 is 6.57. The van der Waals surface area contributed by atoms with Gasteiger partial charge in [-0.25, -0.2) is 0 Å². The largest absolute Gasteiger partial charge is 0.480 e. The maximum atomic E-state index is 11.2. The van der Waals surface area contributed by atoms with E-state index < -0.39 is 11.2 Å². The van der Waals surface area contributed by atoms with Crippen LogP contribution < -0.4 is 0 Å². The summed E-state index contributed by atoms with van der Waals surface area (Å²) in [5, 5.41) is 17.5. The van der Waals surface area contributed by atoms with E-state index in [0.29, 0.717) is 6.42 Å². The summed E-state index contributed by atoms with van der Waals surface area (Å²) in [6, 6.07) is 2.09. The first-order valence-electron chi connectivity index (χ1n) is 9.33. The van der Waals surface area contributed by atoms with Gasteiger partial charge in [0.05, 0.1) is 6.07 Å². The standard InChI is InChI=1S/C19H33NO2S2/c1-3-4-5-6-7-8-9-10-11-12-13-18(23)24-17(19(21)22)14-16(2)15-20/h16-17H,3-14H2,1-2H3,(H,21,22). The summed E-state index contributed by atoms with van der Waals surface area (Å²) in [6.45, 7) is 3.99. The second-order valence-electron chi connectivity index (χ2n) is 6.51. The topological polar surface area (TPSA) is 61.1 Å². The fourth-order valence-corrected chi connectivity index (χ4v) is 4.11. The molecule has 3 nitrogen and oxygen atoms in total. The van der Waals surface area contributed by atoms with E-state index in [4.69, 9.17) is 17.5 Å². The van der Waals surface area contributed by atoms with Gasteiger partial charge in [-0.3, -0.25) is 4.79 Å². The maximum absolute atomic E-state index is 11.2. The minimum atomic E-state index is -0.868. The van der Waals surface area contributed by atoms with Gasteiger partial charge >= 0.3 is 5.97 Å². The van der Waals surface area contributed by atoms with Crippen molar-refractivity contribution in [2.45, 2.75) is 96.1 Å². The van der Waals surface area contributed by atoms with Crippen LogP contribution in [0.2, 0.25) is 0 Å². The fourth-order valence-electron chi connectivity index (χ4n) is 2.55. The first kappa shape index (κ1) is 23.4. The van der Waals surface area contributed by atoms with Crippen LogP contribution in [0, 0.1) is 17.2 Å². The van der Waals surface area contributed by atoms with Crippen molar-refractivity contribution in [1.82, 2.24) is 0 Å². The summed E-state index contributed by atoms with van der Waals surface area (Å²) in [6.07, 6.45) is 14.0. The molecular formula is C19H33NO2S2. The third kappa shape index (κ3) is 13.8. The molecule has 0 amide bonds. The molecule has 138 valence electrons. The number of carboxylic acid groups (broad SMARTS) is 1. The summed E-state index contributed by atoms with van der Waals surface area (Å²) < 4.78 is 0.770. The summed E-state index contributed by atoms with van der Waals surface area (Å²) in [5.41, 5.74) is 0. The van der Waals surface area contributed by atoms with Crippen LogP contribution in [0.4, 0.5) is 0 Å². The Bertz CT molecular complexity index is 393. The van der Waals surface area contributed by atoms with E-state index >= 15 is 0 Å². The molecule has 0 aliphatic heterocycles. The van der Waals surface area contributed by atoms with E-state index in [0.717, 1.165) is 17.0 Å². The maximum Gasteiger partial charge on any atom is 0.317 e. The highest BCUT2D eigenvalue weighted by atomic mass is 32.2. The van der Waals surface area contributed by atoms with Crippen LogP contribution in [-0.4, -0.2) is 20.5 Å². The summed E-state index contributed by atoms with van der Waals surface area (Å²) in [7, 11) is 0. The molecule has 0 bridgehead atoms. The Hall–Kier alpha value is -0.600. The molecule has 1 N–H and O–H groups in total. The first-order chi connectivity index (χ1) is 11.5. The van der Waals surface area contributed by atoms with Crippen molar-refractivity contribution < 1.29 is 9.90 Å². The van der Waals surface area contributed by atoms with Crippen LogP contribution in [0.5, 0.6) is 0 Å². The number of nitrogens with zero attached hydrogens (tertiary/aromatic N) is 1. The molecule has 0 saturated heterocycles. The van der Waals surface area contributed by atoms with E-state index in [2.05, 4.69) is 13.0 Å². The molecule has 0 aliphatic rings. The number of rotatable bonds is 15. The van der Waals surface area contributed by atoms with Gasteiger partial charge < -0.3 is 5.11 Å².